The van der Waals surface area contributed by atoms with E-state index < -0.39 is 29.4 Å². The zero-order chi connectivity index (χ0) is 16.5. The van der Waals surface area contributed by atoms with Crippen LogP contribution in [0.2, 0.25) is 0 Å². The molecule has 1 aliphatic rings. The Labute approximate surface area is 126 Å². The third-order valence-corrected chi connectivity index (χ3v) is 3.82. The number of hydrogen-bond acceptors (Lipinski definition) is 2. The van der Waals surface area contributed by atoms with Crippen LogP contribution in [0, 0.1) is 11.2 Å². The molecule has 0 radical (unpaired) electrons. The molecule has 0 spiro atoms. The molecule has 1 heterocycles. The van der Waals surface area contributed by atoms with Crippen LogP contribution in [0.5, 0.6) is 0 Å². The van der Waals surface area contributed by atoms with E-state index >= 15 is 0 Å². The molecule has 1 aromatic carbocycles. The van der Waals surface area contributed by atoms with Gasteiger partial charge in [0.15, 0.2) is 0 Å². The van der Waals surface area contributed by atoms with Gasteiger partial charge in [-0.3, -0.25) is 10.2 Å². The van der Waals surface area contributed by atoms with Crippen LogP contribution >= 0.6 is 0 Å². The Morgan fingerprint density at radius 2 is 1.95 bits per heavy atom. The van der Waals surface area contributed by atoms with Gasteiger partial charge in [-0.1, -0.05) is 18.2 Å². The lowest BCUT2D eigenvalue weighted by Crippen LogP contribution is -2.50. The molecule has 1 atom stereocenters. The molecule has 0 saturated carbocycles. The molecule has 0 bridgehead atoms. The minimum Gasteiger partial charge on any atom is -0.288 e. The van der Waals surface area contributed by atoms with Crippen LogP contribution in [0.4, 0.5) is 17.6 Å². The van der Waals surface area contributed by atoms with Crippen LogP contribution in [-0.2, 0) is 11.2 Å². The average Bonchev–Trinajstić information content (AvgIpc) is 2.64. The number of nitrogens with zero attached hydrogens (tertiary/aromatic N) is 1. The number of hydrogen-bond donors (Lipinski definition) is 1. The largest absolute Gasteiger partial charge is 0.405 e. The SMILES string of the molecule is CC1(C)CN(C(CCc2ccccc2F)C(F)(F)F)NC1=O. The molecule has 1 unspecified atom stereocenters. The lowest BCUT2D eigenvalue weighted by molar-refractivity contribution is -0.190. The number of nitrogens with one attached hydrogen (secondary N) is 1. The zero-order valence-corrected chi connectivity index (χ0v) is 12.4. The van der Waals surface area contributed by atoms with Crippen LogP contribution < -0.4 is 5.43 Å². The lowest BCUT2D eigenvalue weighted by atomic mass is 9.94. The van der Waals surface area contributed by atoms with Crippen LogP contribution in [-0.4, -0.2) is 29.7 Å². The summed E-state index contributed by atoms with van der Waals surface area (Å²) in [5.74, 6) is -0.957. The lowest BCUT2D eigenvalue weighted by Gasteiger charge is -2.29. The van der Waals surface area contributed by atoms with Crippen LogP contribution in [0.15, 0.2) is 24.3 Å². The smallest absolute Gasteiger partial charge is 0.288 e. The molecule has 1 fully saturated rings. The van der Waals surface area contributed by atoms with Gasteiger partial charge >= 0.3 is 6.18 Å². The normalized spacial score (nSPS) is 20.0. The van der Waals surface area contributed by atoms with Gasteiger partial charge in [-0.15, -0.1) is 0 Å². The standard InChI is InChI=1S/C15H18F4N2O/c1-14(2)9-21(20-13(14)22)12(15(17,18)19)8-7-10-5-3-4-6-11(10)16/h3-6,12H,7-9H2,1-2H3,(H,20,22). The number of aryl methyl sites for hydroxylation is 1. The summed E-state index contributed by atoms with van der Waals surface area (Å²) >= 11 is 0. The Bertz CT molecular complexity index is 557. The minimum atomic E-state index is -4.50. The van der Waals surface area contributed by atoms with Gasteiger partial charge in [-0.2, -0.15) is 13.2 Å². The van der Waals surface area contributed by atoms with Gasteiger partial charge in [0, 0.05) is 6.54 Å². The Morgan fingerprint density at radius 3 is 2.45 bits per heavy atom. The maximum atomic E-state index is 13.5. The number of rotatable bonds is 4. The van der Waals surface area contributed by atoms with Crippen LogP contribution in [0.25, 0.3) is 0 Å². The second kappa shape index (κ2) is 5.87. The maximum Gasteiger partial charge on any atom is 0.405 e. The van der Waals surface area contributed by atoms with Crippen molar-refractivity contribution in [1.82, 2.24) is 10.4 Å². The predicted octanol–water partition coefficient (Wildman–Crippen LogP) is 3.06. The van der Waals surface area contributed by atoms with Gasteiger partial charge in [-0.25, -0.2) is 9.40 Å². The number of carbonyl (C=O) groups is 1. The van der Waals surface area contributed by atoms with Crippen molar-refractivity contribution in [3.05, 3.63) is 35.6 Å². The summed E-state index contributed by atoms with van der Waals surface area (Å²) in [5.41, 5.74) is 1.65. The molecule has 1 saturated heterocycles. The average molecular weight is 318 g/mol. The summed E-state index contributed by atoms with van der Waals surface area (Å²) in [7, 11) is 0. The zero-order valence-electron chi connectivity index (χ0n) is 12.4. The van der Waals surface area contributed by atoms with Crippen molar-refractivity contribution in [3.63, 3.8) is 0 Å². The summed E-state index contributed by atoms with van der Waals surface area (Å²) in [5, 5.41) is 0.920. The predicted molar refractivity (Wildman–Crippen MR) is 73.2 cm³/mol. The molecule has 1 aliphatic heterocycles. The summed E-state index contributed by atoms with van der Waals surface area (Å²) in [4.78, 5) is 11.7. The fourth-order valence-electron chi connectivity index (χ4n) is 2.50. The van der Waals surface area contributed by atoms with E-state index in [2.05, 4.69) is 5.43 Å². The van der Waals surface area contributed by atoms with Crippen molar-refractivity contribution in [2.24, 2.45) is 5.41 Å². The summed E-state index contributed by atoms with van der Waals surface area (Å²) in [6.07, 6.45) is -4.87. The van der Waals surface area contributed by atoms with Crippen LogP contribution in [0.3, 0.4) is 0 Å². The molecule has 2 rings (SSSR count). The molecule has 1 amide bonds. The van der Waals surface area contributed by atoms with Crippen molar-refractivity contribution >= 4 is 5.91 Å². The molecular formula is C15H18F4N2O. The van der Waals surface area contributed by atoms with Crippen molar-refractivity contribution in [2.75, 3.05) is 6.54 Å². The Morgan fingerprint density at radius 1 is 1.32 bits per heavy atom. The molecule has 0 aromatic heterocycles. The highest BCUT2D eigenvalue weighted by atomic mass is 19.4. The Balaban J connectivity index is 2.12. The third kappa shape index (κ3) is 3.58. The molecule has 0 aliphatic carbocycles. The van der Waals surface area contributed by atoms with E-state index in [1.165, 1.54) is 18.2 Å². The maximum absolute atomic E-state index is 13.5. The van der Waals surface area contributed by atoms with Gasteiger partial charge in [0.25, 0.3) is 0 Å². The first kappa shape index (κ1) is 16.7. The first-order valence-corrected chi connectivity index (χ1v) is 6.99. The molecule has 1 N–H and O–H groups in total. The number of alkyl halides is 3. The van der Waals surface area contributed by atoms with E-state index in [4.69, 9.17) is 0 Å². The van der Waals surface area contributed by atoms with E-state index in [1.807, 2.05) is 0 Å². The van der Waals surface area contributed by atoms with Gasteiger partial charge in [0.1, 0.15) is 11.9 Å². The van der Waals surface area contributed by atoms with Crippen molar-refractivity contribution in [1.29, 1.82) is 0 Å². The number of benzene rings is 1. The molecule has 7 heteroatoms. The highest BCUT2D eigenvalue weighted by Gasteiger charge is 2.49. The Hall–Kier alpha value is -1.63. The molecular weight excluding hydrogens is 300 g/mol. The van der Waals surface area contributed by atoms with Gasteiger partial charge in [0.2, 0.25) is 5.91 Å². The second-order valence-electron chi connectivity index (χ2n) is 6.14. The minimum absolute atomic E-state index is 0.0344. The summed E-state index contributed by atoms with van der Waals surface area (Å²) in [6, 6.07) is 3.93. The number of amides is 1. The van der Waals surface area contributed by atoms with Crippen molar-refractivity contribution in [2.45, 2.75) is 38.9 Å². The highest BCUT2D eigenvalue weighted by Crippen LogP contribution is 2.33. The highest BCUT2D eigenvalue weighted by molar-refractivity contribution is 5.83. The molecule has 122 valence electrons. The van der Waals surface area contributed by atoms with Gasteiger partial charge in [0.05, 0.1) is 5.41 Å². The monoisotopic (exact) mass is 318 g/mol. The fraction of sp³-hybridized carbons (Fsp3) is 0.533. The molecule has 22 heavy (non-hydrogen) atoms. The first-order chi connectivity index (χ1) is 10.1. The van der Waals surface area contributed by atoms with E-state index in [1.54, 1.807) is 19.9 Å². The molecule has 1 aromatic rings. The second-order valence-corrected chi connectivity index (χ2v) is 6.14. The first-order valence-electron chi connectivity index (χ1n) is 6.99. The summed E-state index contributed by atoms with van der Waals surface area (Å²) < 4.78 is 53.3. The van der Waals surface area contributed by atoms with Crippen molar-refractivity contribution < 1.29 is 22.4 Å². The number of carbonyl (C=O) groups excluding carboxylic acids is 1. The van der Waals surface area contributed by atoms with Crippen LogP contribution in [0.1, 0.15) is 25.8 Å². The van der Waals surface area contributed by atoms with E-state index in [9.17, 15) is 22.4 Å². The summed E-state index contributed by atoms with van der Waals surface area (Å²) in [6.45, 7) is 3.15. The van der Waals surface area contributed by atoms with Gasteiger partial charge < -0.3 is 0 Å². The van der Waals surface area contributed by atoms with Gasteiger partial charge in [-0.05, 0) is 38.3 Å². The number of halogens is 4. The van der Waals surface area contributed by atoms with Crippen molar-refractivity contribution in [3.8, 4) is 0 Å². The third-order valence-electron chi connectivity index (χ3n) is 3.82. The van der Waals surface area contributed by atoms with E-state index in [0.29, 0.717) is 0 Å². The fourth-order valence-corrected chi connectivity index (χ4v) is 2.50. The Kier molecular flexibility index (Phi) is 4.47. The number of hydrazine groups is 1. The quantitative estimate of drug-likeness (QED) is 0.866. The molecule has 3 nitrogen and oxygen atoms in total. The van der Waals surface area contributed by atoms with E-state index in [-0.39, 0.29) is 24.9 Å². The topological polar surface area (TPSA) is 32.3 Å². The van der Waals surface area contributed by atoms with E-state index in [0.717, 1.165) is 5.01 Å².